The largest absolute Gasteiger partial charge is 0.339 e. The average molecular weight is 373 g/mol. The molecular formula is C21H19N5O2. The van der Waals surface area contributed by atoms with Crippen LogP contribution < -0.4 is 5.32 Å². The summed E-state index contributed by atoms with van der Waals surface area (Å²) in [5.74, 6) is 0.872. The van der Waals surface area contributed by atoms with Crippen molar-refractivity contribution in [1.82, 2.24) is 19.7 Å². The average Bonchev–Trinajstić information content (AvgIpc) is 3.40. The van der Waals surface area contributed by atoms with E-state index >= 15 is 0 Å². The second-order valence-corrected chi connectivity index (χ2v) is 6.44. The molecule has 0 aliphatic carbocycles. The third-order valence-electron chi connectivity index (χ3n) is 4.30. The van der Waals surface area contributed by atoms with E-state index in [1.165, 1.54) is 5.56 Å². The Labute approximate surface area is 162 Å². The molecule has 0 spiro atoms. The zero-order valence-electron chi connectivity index (χ0n) is 15.4. The van der Waals surface area contributed by atoms with Gasteiger partial charge in [-0.25, -0.2) is 4.98 Å². The van der Waals surface area contributed by atoms with Crippen molar-refractivity contribution in [2.45, 2.75) is 19.8 Å². The summed E-state index contributed by atoms with van der Waals surface area (Å²) in [6.45, 7) is 2.02. The van der Waals surface area contributed by atoms with Gasteiger partial charge in [-0.3, -0.25) is 4.79 Å². The van der Waals surface area contributed by atoms with Gasteiger partial charge in [0.1, 0.15) is 0 Å². The predicted octanol–water partition coefficient (Wildman–Crippen LogP) is 3.80. The molecule has 0 radical (unpaired) electrons. The number of benzene rings is 2. The molecule has 0 saturated carbocycles. The Morgan fingerprint density at radius 2 is 1.89 bits per heavy atom. The number of aryl methyl sites for hydroxylation is 2. The van der Waals surface area contributed by atoms with Gasteiger partial charge in [0, 0.05) is 42.2 Å². The molecule has 140 valence electrons. The summed E-state index contributed by atoms with van der Waals surface area (Å²) in [6, 6.07) is 15.4. The Morgan fingerprint density at radius 3 is 2.61 bits per heavy atom. The smallest absolute Gasteiger partial charge is 0.227 e. The van der Waals surface area contributed by atoms with Crippen LogP contribution in [0, 0.1) is 6.92 Å². The highest BCUT2D eigenvalue weighted by molar-refractivity contribution is 5.90. The van der Waals surface area contributed by atoms with E-state index in [0.717, 1.165) is 16.9 Å². The zero-order chi connectivity index (χ0) is 19.3. The van der Waals surface area contributed by atoms with Crippen LogP contribution in [0.4, 0.5) is 5.69 Å². The lowest BCUT2D eigenvalue weighted by atomic mass is 10.1. The molecule has 7 nitrogen and oxygen atoms in total. The lowest BCUT2D eigenvalue weighted by molar-refractivity contribution is -0.116. The molecule has 2 aromatic heterocycles. The van der Waals surface area contributed by atoms with Crippen molar-refractivity contribution in [3.8, 4) is 17.1 Å². The van der Waals surface area contributed by atoms with E-state index in [1.54, 1.807) is 12.5 Å². The Kier molecular flexibility index (Phi) is 4.97. The zero-order valence-corrected chi connectivity index (χ0v) is 15.4. The summed E-state index contributed by atoms with van der Waals surface area (Å²) in [4.78, 5) is 20.6. The van der Waals surface area contributed by atoms with Crippen molar-refractivity contribution in [2.24, 2.45) is 0 Å². The minimum atomic E-state index is -0.106. The molecule has 0 aliphatic heterocycles. The molecule has 1 amide bonds. The standard InChI is InChI=1S/C21H19N5O2/c1-15-2-4-16(5-3-15)21-24-20(28-25-21)11-10-19(27)23-17-6-8-18(9-7-17)26-13-12-22-14-26/h2-9,12-14H,10-11H2,1H3,(H,23,27). The van der Waals surface area contributed by atoms with Gasteiger partial charge in [-0.1, -0.05) is 35.0 Å². The maximum Gasteiger partial charge on any atom is 0.227 e. The van der Waals surface area contributed by atoms with Crippen LogP contribution >= 0.6 is 0 Å². The van der Waals surface area contributed by atoms with Gasteiger partial charge in [0.15, 0.2) is 0 Å². The highest BCUT2D eigenvalue weighted by atomic mass is 16.5. The lowest BCUT2D eigenvalue weighted by Crippen LogP contribution is -2.12. The first-order valence-electron chi connectivity index (χ1n) is 8.95. The number of carbonyl (C=O) groups is 1. The van der Waals surface area contributed by atoms with Gasteiger partial charge in [0.2, 0.25) is 17.6 Å². The van der Waals surface area contributed by atoms with Gasteiger partial charge in [-0.15, -0.1) is 0 Å². The van der Waals surface area contributed by atoms with Crippen molar-refractivity contribution in [1.29, 1.82) is 0 Å². The Hall–Kier alpha value is -3.74. The van der Waals surface area contributed by atoms with E-state index in [0.29, 0.717) is 18.1 Å². The lowest BCUT2D eigenvalue weighted by Gasteiger charge is -2.06. The first-order valence-corrected chi connectivity index (χ1v) is 8.95. The van der Waals surface area contributed by atoms with Crippen molar-refractivity contribution in [3.05, 3.63) is 78.7 Å². The molecule has 4 rings (SSSR count). The van der Waals surface area contributed by atoms with E-state index in [9.17, 15) is 4.79 Å². The normalized spacial score (nSPS) is 10.8. The Balaban J connectivity index is 1.31. The van der Waals surface area contributed by atoms with Gasteiger partial charge in [0.25, 0.3) is 0 Å². The summed E-state index contributed by atoms with van der Waals surface area (Å²) < 4.78 is 7.15. The fourth-order valence-electron chi connectivity index (χ4n) is 2.75. The van der Waals surface area contributed by atoms with Crippen LogP contribution in [0.2, 0.25) is 0 Å². The van der Waals surface area contributed by atoms with E-state index in [2.05, 4.69) is 20.4 Å². The van der Waals surface area contributed by atoms with Gasteiger partial charge in [0.05, 0.1) is 6.33 Å². The summed E-state index contributed by atoms with van der Waals surface area (Å²) in [5.41, 5.74) is 3.77. The molecule has 2 heterocycles. The van der Waals surface area contributed by atoms with Crippen LogP contribution in [-0.2, 0) is 11.2 Å². The molecule has 4 aromatic rings. The predicted molar refractivity (Wildman–Crippen MR) is 105 cm³/mol. The van der Waals surface area contributed by atoms with Crippen LogP contribution in [0.3, 0.4) is 0 Å². The highest BCUT2D eigenvalue weighted by Gasteiger charge is 2.11. The second kappa shape index (κ2) is 7.87. The topological polar surface area (TPSA) is 85.8 Å². The van der Waals surface area contributed by atoms with Gasteiger partial charge < -0.3 is 14.4 Å². The summed E-state index contributed by atoms with van der Waals surface area (Å²) in [5, 5.41) is 6.86. The van der Waals surface area contributed by atoms with Crippen molar-refractivity contribution in [3.63, 3.8) is 0 Å². The highest BCUT2D eigenvalue weighted by Crippen LogP contribution is 2.17. The van der Waals surface area contributed by atoms with Gasteiger partial charge in [-0.2, -0.15) is 4.98 Å². The molecular weight excluding hydrogens is 354 g/mol. The fraction of sp³-hybridized carbons (Fsp3) is 0.143. The Morgan fingerprint density at radius 1 is 1.11 bits per heavy atom. The van der Waals surface area contributed by atoms with Crippen LogP contribution in [0.5, 0.6) is 0 Å². The third-order valence-corrected chi connectivity index (χ3v) is 4.30. The van der Waals surface area contributed by atoms with Crippen LogP contribution in [-0.4, -0.2) is 25.6 Å². The number of amides is 1. The van der Waals surface area contributed by atoms with E-state index < -0.39 is 0 Å². The monoisotopic (exact) mass is 373 g/mol. The SMILES string of the molecule is Cc1ccc(-c2noc(CCC(=O)Nc3ccc(-n4ccnc4)cc3)n2)cc1. The van der Waals surface area contributed by atoms with E-state index in [4.69, 9.17) is 4.52 Å². The second-order valence-electron chi connectivity index (χ2n) is 6.44. The molecule has 0 unspecified atom stereocenters. The minimum Gasteiger partial charge on any atom is -0.339 e. The first-order chi connectivity index (χ1) is 13.7. The van der Waals surface area contributed by atoms with Crippen LogP contribution in [0.25, 0.3) is 17.1 Å². The molecule has 0 fully saturated rings. The number of rotatable bonds is 6. The van der Waals surface area contributed by atoms with Crippen LogP contribution in [0.15, 0.2) is 71.8 Å². The minimum absolute atomic E-state index is 0.106. The quantitative estimate of drug-likeness (QED) is 0.555. The third kappa shape index (κ3) is 4.15. The Bertz CT molecular complexity index is 1050. The number of anilines is 1. The van der Waals surface area contributed by atoms with Crippen molar-refractivity contribution < 1.29 is 9.32 Å². The van der Waals surface area contributed by atoms with Crippen molar-refractivity contribution in [2.75, 3.05) is 5.32 Å². The summed E-state index contributed by atoms with van der Waals surface area (Å²) in [6.07, 6.45) is 5.96. The first kappa shape index (κ1) is 17.7. The molecule has 1 N–H and O–H groups in total. The maximum atomic E-state index is 12.2. The van der Waals surface area contributed by atoms with Gasteiger partial charge in [-0.05, 0) is 31.2 Å². The molecule has 7 heteroatoms. The number of hydrogen-bond donors (Lipinski definition) is 1. The van der Waals surface area contributed by atoms with E-state index in [-0.39, 0.29) is 12.3 Å². The van der Waals surface area contributed by atoms with Gasteiger partial charge >= 0.3 is 0 Å². The molecule has 0 saturated heterocycles. The van der Waals surface area contributed by atoms with Crippen LogP contribution in [0.1, 0.15) is 17.9 Å². The number of carbonyl (C=O) groups excluding carboxylic acids is 1. The molecule has 28 heavy (non-hydrogen) atoms. The summed E-state index contributed by atoms with van der Waals surface area (Å²) in [7, 11) is 0. The number of nitrogens with one attached hydrogen (secondary N) is 1. The number of aromatic nitrogens is 4. The number of nitrogens with zero attached hydrogens (tertiary/aromatic N) is 4. The summed E-state index contributed by atoms with van der Waals surface area (Å²) >= 11 is 0. The maximum absolute atomic E-state index is 12.2. The van der Waals surface area contributed by atoms with E-state index in [1.807, 2.05) is 66.2 Å². The fourth-order valence-corrected chi connectivity index (χ4v) is 2.75. The molecule has 2 aromatic carbocycles. The number of imidazole rings is 1. The molecule has 0 atom stereocenters. The number of hydrogen-bond acceptors (Lipinski definition) is 5. The molecule has 0 bridgehead atoms. The van der Waals surface area contributed by atoms with Crippen molar-refractivity contribution >= 4 is 11.6 Å². The molecule has 0 aliphatic rings.